The molecule has 4 nitrogen and oxygen atoms in total. The topological polar surface area (TPSA) is 59.2 Å². The van der Waals surface area contributed by atoms with Crippen molar-refractivity contribution >= 4 is 48.5 Å². The highest BCUT2D eigenvalue weighted by Crippen LogP contribution is 2.29. The minimum absolute atomic E-state index is 0.123. The molecule has 1 N–H and O–H groups in total. The largest absolute Gasteiger partial charge is 0.487 e. The predicted molar refractivity (Wildman–Crippen MR) is 101 cm³/mol. The number of aromatic nitrogens is 1. The summed E-state index contributed by atoms with van der Waals surface area (Å²) in [6, 6.07) is 16.2. The Bertz CT molecular complexity index is 936. The Morgan fingerprint density at radius 2 is 1.79 bits per heavy atom. The monoisotopic (exact) mass is 449 g/mol. The van der Waals surface area contributed by atoms with Crippen LogP contribution in [0.25, 0.3) is 10.9 Å². The quantitative estimate of drug-likeness (QED) is 0.462. The van der Waals surface area contributed by atoms with Gasteiger partial charge in [0.2, 0.25) is 5.56 Å². The zero-order valence-corrected chi connectivity index (χ0v) is 15.6. The van der Waals surface area contributed by atoms with E-state index in [4.69, 9.17) is 4.74 Å². The highest BCUT2D eigenvalue weighted by atomic mass is 79.9. The third kappa shape index (κ3) is 3.60. The number of hydrogen-bond acceptors (Lipinski definition) is 3. The molecular weight excluding hydrogens is 438 g/mol. The predicted octanol–water partition coefficient (Wildman–Crippen LogP) is 4.41. The number of H-pyrrole nitrogens is 1. The smallest absolute Gasteiger partial charge is 0.248 e. The van der Waals surface area contributed by atoms with Crippen LogP contribution in [-0.2, 0) is 6.61 Å². The Morgan fingerprint density at radius 1 is 1.04 bits per heavy atom. The Hall–Kier alpha value is -1.92. The molecule has 24 heavy (non-hydrogen) atoms. The number of fused-ring (bicyclic) bond motifs is 1. The summed E-state index contributed by atoms with van der Waals surface area (Å²) in [6.07, 6.45) is 0. The lowest BCUT2D eigenvalue weighted by Crippen LogP contribution is -2.11. The summed E-state index contributed by atoms with van der Waals surface area (Å²) in [5.41, 5.74) is 1.80. The molecule has 0 aliphatic carbocycles. The second-order valence-electron chi connectivity index (χ2n) is 5.16. The van der Waals surface area contributed by atoms with Crippen molar-refractivity contribution in [2.24, 2.45) is 0 Å². The molecule has 0 saturated carbocycles. The SMILES string of the molecule is O=C(c1ccc(OCc2ccccc2)c2[nH]c(=O)ccc12)C(Br)Br. The van der Waals surface area contributed by atoms with Crippen LogP contribution in [0.2, 0.25) is 0 Å². The molecule has 0 atom stereocenters. The zero-order valence-electron chi connectivity index (χ0n) is 12.5. The van der Waals surface area contributed by atoms with Gasteiger partial charge < -0.3 is 9.72 Å². The fraction of sp³-hybridized carbons (Fsp3) is 0.111. The van der Waals surface area contributed by atoms with E-state index in [1.54, 1.807) is 18.2 Å². The van der Waals surface area contributed by atoms with E-state index in [1.165, 1.54) is 6.07 Å². The summed E-state index contributed by atoms with van der Waals surface area (Å²) in [7, 11) is 0. The fourth-order valence-corrected chi connectivity index (χ4v) is 2.91. The number of pyridine rings is 1. The van der Waals surface area contributed by atoms with Crippen molar-refractivity contribution < 1.29 is 9.53 Å². The molecule has 0 unspecified atom stereocenters. The van der Waals surface area contributed by atoms with Crippen LogP contribution in [0.3, 0.4) is 0 Å². The molecule has 2 aromatic carbocycles. The number of nitrogens with one attached hydrogen (secondary N) is 1. The number of Topliss-reactive ketones (excluding diaryl/α,β-unsaturated/α-hetero) is 1. The Morgan fingerprint density at radius 3 is 2.50 bits per heavy atom. The van der Waals surface area contributed by atoms with E-state index in [2.05, 4.69) is 36.8 Å². The number of carbonyl (C=O) groups is 1. The number of hydrogen-bond donors (Lipinski definition) is 1. The third-order valence-corrected chi connectivity index (χ3v) is 4.39. The van der Waals surface area contributed by atoms with Crippen molar-refractivity contribution in [3.8, 4) is 5.75 Å². The first-order chi connectivity index (χ1) is 11.6. The van der Waals surface area contributed by atoms with Crippen molar-refractivity contribution in [2.45, 2.75) is 10.3 Å². The van der Waals surface area contributed by atoms with Gasteiger partial charge >= 0.3 is 0 Å². The second-order valence-corrected chi connectivity index (χ2v) is 8.22. The maximum atomic E-state index is 12.3. The van der Waals surface area contributed by atoms with E-state index in [0.29, 0.717) is 28.8 Å². The second kappa shape index (κ2) is 7.32. The highest BCUT2D eigenvalue weighted by Gasteiger charge is 2.18. The molecule has 122 valence electrons. The van der Waals surface area contributed by atoms with Gasteiger partial charge in [0.1, 0.15) is 16.1 Å². The van der Waals surface area contributed by atoms with Crippen LogP contribution in [-0.4, -0.2) is 14.5 Å². The van der Waals surface area contributed by atoms with Gasteiger partial charge in [0.05, 0.1) is 5.52 Å². The number of alkyl halides is 2. The van der Waals surface area contributed by atoms with Crippen molar-refractivity contribution in [1.82, 2.24) is 4.98 Å². The van der Waals surface area contributed by atoms with Crippen LogP contribution in [0.1, 0.15) is 15.9 Å². The Labute approximate surface area is 155 Å². The maximum absolute atomic E-state index is 12.3. The molecule has 6 heteroatoms. The summed E-state index contributed by atoms with van der Waals surface area (Å²) in [5.74, 6) is 0.408. The van der Waals surface area contributed by atoms with Crippen molar-refractivity contribution in [1.29, 1.82) is 0 Å². The van der Waals surface area contributed by atoms with E-state index < -0.39 is 3.74 Å². The molecule has 1 heterocycles. The van der Waals surface area contributed by atoms with Gasteiger partial charge in [-0.2, -0.15) is 0 Å². The van der Waals surface area contributed by atoms with E-state index in [0.717, 1.165) is 5.56 Å². The molecule has 0 spiro atoms. The van der Waals surface area contributed by atoms with Gasteiger partial charge in [-0.3, -0.25) is 9.59 Å². The zero-order chi connectivity index (χ0) is 17.1. The summed E-state index contributed by atoms with van der Waals surface area (Å²) in [4.78, 5) is 26.8. The molecule has 0 saturated heterocycles. The Balaban J connectivity index is 2.03. The minimum Gasteiger partial charge on any atom is -0.487 e. The Kier molecular flexibility index (Phi) is 5.16. The first kappa shape index (κ1) is 16.9. The first-order valence-electron chi connectivity index (χ1n) is 7.21. The lowest BCUT2D eigenvalue weighted by Gasteiger charge is -2.12. The fourth-order valence-electron chi connectivity index (χ4n) is 2.41. The number of aromatic amines is 1. The van der Waals surface area contributed by atoms with Gasteiger partial charge in [0.25, 0.3) is 0 Å². The van der Waals surface area contributed by atoms with Crippen LogP contribution < -0.4 is 10.3 Å². The van der Waals surface area contributed by atoms with E-state index >= 15 is 0 Å². The molecule has 0 amide bonds. The maximum Gasteiger partial charge on any atom is 0.248 e. The van der Waals surface area contributed by atoms with Crippen LogP contribution in [0.5, 0.6) is 5.75 Å². The molecule has 0 aliphatic heterocycles. The summed E-state index contributed by atoms with van der Waals surface area (Å²) in [6.45, 7) is 0.375. The van der Waals surface area contributed by atoms with Gasteiger partial charge in [-0.1, -0.05) is 62.2 Å². The van der Waals surface area contributed by atoms with Crippen LogP contribution in [0.15, 0.2) is 59.4 Å². The molecule has 0 radical (unpaired) electrons. The molecular formula is C18H13Br2NO3. The number of benzene rings is 2. The first-order valence-corrected chi connectivity index (χ1v) is 9.04. The molecule has 0 fully saturated rings. The minimum atomic E-state index is -0.490. The van der Waals surface area contributed by atoms with Gasteiger partial charge in [-0.05, 0) is 23.8 Å². The average molecular weight is 451 g/mol. The van der Waals surface area contributed by atoms with Gasteiger partial charge in [0.15, 0.2) is 5.78 Å². The van der Waals surface area contributed by atoms with Crippen molar-refractivity contribution in [3.63, 3.8) is 0 Å². The number of carbonyl (C=O) groups excluding carboxylic acids is 1. The number of rotatable bonds is 5. The summed E-state index contributed by atoms with van der Waals surface area (Å²) >= 11 is 6.44. The normalized spacial score (nSPS) is 11.0. The number of halogens is 2. The van der Waals surface area contributed by atoms with Gasteiger partial charge in [-0.15, -0.1) is 0 Å². The molecule has 0 bridgehead atoms. The molecule has 1 aromatic heterocycles. The summed E-state index contributed by atoms with van der Waals surface area (Å²) < 4.78 is 5.36. The highest BCUT2D eigenvalue weighted by molar-refractivity contribution is 9.25. The van der Waals surface area contributed by atoms with Gasteiger partial charge in [-0.25, -0.2) is 0 Å². The van der Waals surface area contributed by atoms with Gasteiger partial charge in [0, 0.05) is 17.0 Å². The van der Waals surface area contributed by atoms with Crippen LogP contribution in [0, 0.1) is 0 Å². The summed E-state index contributed by atoms with van der Waals surface area (Å²) in [5, 5.41) is 0.647. The van der Waals surface area contributed by atoms with E-state index in [1.807, 2.05) is 30.3 Å². The van der Waals surface area contributed by atoms with E-state index in [-0.39, 0.29) is 11.3 Å². The molecule has 3 aromatic rings. The van der Waals surface area contributed by atoms with E-state index in [9.17, 15) is 9.59 Å². The van der Waals surface area contributed by atoms with Crippen LogP contribution >= 0.6 is 31.9 Å². The van der Waals surface area contributed by atoms with Crippen molar-refractivity contribution in [3.05, 3.63) is 76.1 Å². The third-order valence-electron chi connectivity index (χ3n) is 3.56. The molecule has 3 rings (SSSR count). The van der Waals surface area contributed by atoms with Crippen LogP contribution in [0.4, 0.5) is 0 Å². The van der Waals surface area contributed by atoms with Crippen molar-refractivity contribution in [2.75, 3.05) is 0 Å². The lowest BCUT2D eigenvalue weighted by molar-refractivity contribution is 0.101. The lowest BCUT2D eigenvalue weighted by atomic mass is 10.0. The standard InChI is InChI=1S/C18H13Br2NO3/c19-18(20)17(23)13-6-8-14(16-12(13)7-9-15(22)21-16)24-10-11-4-2-1-3-5-11/h1-9,18H,10H2,(H,21,22). The number of ether oxygens (including phenoxy) is 1. The molecule has 0 aliphatic rings. The average Bonchev–Trinajstić information content (AvgIpc) is 2.59. The number of ketones is 1.